The van der Waals surface area contributed by atoms with Gasteiger partial charge in [-0.3, -0.25) is 9.59 Å². The molecule has 156 valence electrons. The Morgan fingerprint density at radius 1 is 1.11 bits per heavy atom. The first-order valence-corrected chi connectivity index (χ1v) is 11.4. The van der Waals surface area contributed by atoms with E-state index in [1.54, 1.807) is 12.1 Å². The van der Waals surface area contributed by atoms with Crippen molar-refractivity contribution in [3.8, 4) is 0 Å². The molecule has 2 rings (SSSR count). The number of ether oxygens (including phenoxy) is 1. The zero-order chi connectivity index (χ0) is 20.6. The Balaban J connectivity index is 1.77. The third kappa shape index (κ3) is 6.60. The second kappa shape index (κ2) is 10.6. The third-order valence-electron chi connectivity index (χ3n) is 4.97. The predicted molar refractivity (Wildman–Crippen MR) is 106 cm³/mol. The molecule has 0 radical (unpaired) electrons. The molecule has 0 saturated heterocycles. The van der Waals surface area contributed by atoms with E-state index in [0.29, 0.717) is 0 Å². The molecule has 7 nitrogen and oxygen atoms in total. The van der Waals surface area contributed by atoms with E-state index in [1.165, 1.54) is 5.56 Å². The Kier molecular flexibility index (Phi) is 8.44. The lowest BCUT2D eigenvalue weighted by Gasteiger charge is -2.16. The van der Waals surface area contributed by atoms with Gasteiger partial charge < -0.3 is 10.1 Å². The number of nitrogens with one attached hydrogen (secondary N) is 2. The smallest absolute Gasteiger partial charge is 0.307 e. The number of amides is 1. The third-order valence-corrected chi connectivity index (χ3v) is 6.43. The first kappa shape index (κ1) is 22.4. The number of carbonyl (C=O) groups is 2. The molecule has 1 aliphatic carbocycles. The molecular formula is C20H30N2O5S. The lowest BCUT2D eigenvalue weighted by Crippen LogP contribution is -2.37. The molecule has 1 amide bonds. The van der Waals surface area contributed by atoms with Crippen molar-refractivity contribution in [1.29, 1.82) is 0 Å². The number of benzene rings is 1. The van der Waals surface area contributed by atoms with Crippen LogP contribution in [0.5, 0.6) is 0 Å². The van der Waals surface area contributed by atoms with Crippen molar-refractivity contribution >= 4 is 21.9 Å². The summed E-state index contributed by atoms with van der Waals surface area (Å²) in [6, 6.07) is 5.26. The van der Waals surface area contributed by atoms with E-state index in [0.717, 1.165) is 44.1 Å². The van der Waals surface area contributed by atoms with E-state index in [-0.39, 0.29) is 36.4 Å². The van der Waals surface area contributed by atoms with Gasteiger partial charge in [0.2, 0.25) is 10.0 Å². The van der Waals surface area contributed by atoms with Gasteiger partial charge in [0, 0.05) is 12.6 Å². The summed E-state index contributed by atoms with van der Waals surface area (Å²) in [4.78, 5) is 23.7. The van der Waals surface area contributed by atoms with Crippen LogP contribution in [-0.2, 0) is 37.2 Å². The van der Waals surface area contributed by atoms with E-state index in [2.05, 4.69) is 10.0 Å². The van der Waals surface area contributed by atoms with Crippen LogP contribution in [0, 0.1) is 0 Å². The number of aryl methyl sites for hydroxylation is 2. The molecule has 0 aliphatic heterocycles. The summed E-state index contributed by atoms with van der Waals surface area (Å²) in [6.07, 6.45) is 5.56. The van der Waals surface area contributed by atoms with Gasteiger partial charge >= 0.3 is 5.97 Å². The van der Waals surface area contributed by atoms with Crippen molar-refractivity contribution in [2.45, 2.75) is 69.7 Å². The normalized spacial score (nSPS) is 13.8. The second-order valence-corrected chi connectivity index (χ2v) is 8.79. The molecule has 0 bridgehead atoms. The lowest BCUT2D eigenvalue weighted by atomic mass is 9.92. The van der Waals surface area contributed by atoms with Gasteiger partial charge in [0.1, 0.15) is 0 Å². The quantitative estimate of drug-likeness (QED) is 0.575. The average Bonchev–Trinajstić information content (AvgIpc) is 2.70. The Hall–Kier alpha value is -1.93. The van der Waals surface area contributed by atoms with Crippen LogP contribution in [0.4, 0.5) is 0 Å². The van der Waals surface area contributed by atoms with Crippen LogP contribution in [0.25, 0.3) is 0 Å². The Morgan fingerprint density at radius 2 is 1.79 bits per heavy atom. The molecule has 8 heteroatoms. The molecule has 0 spiro atoms. The summed E-state index contributed by atoms with van der Waals surface area (Å²) >= 11 is 0. The molecule has 1 aliphatic rings. The van der Waals surface area contributed by atoms with Gasteiger partial charge in [0.05, 0.1) is 11.3 Å². The van der Waals surface area contributed by atoms with Crippen molar-refractivity contribution in [3.05, 3.63) is 29.3 Å². The van der Waals surface area contributed by atoms with Crippen LogP contribution in [0.2, 0.25) is 0 Å². The van der Waals surface area contributed by atoms with Crippen LogP contribution in [0.3, 0.4) is 0 Å². The monoisotopic (exact) mass is 410 g/mol. The first-order valence-electron chi connectivity index (χ1n) is 9.92. The molecule has 28 heavy (non-hydrogen) atoms. The Bertz CT molecular complexity index is 788. The number of carbonyl (C=O) groups excluding carboxylic acids is 2. The van der Waals surface area contributed by atoms with Gasteiger partial charge in [-0.05, 0) is 61.8 Å². The number of esters is 1. The Labute approximate surface area is 167 Å². The summed E-state index contributed by atoms with van der Waals surface area (Å²) in [5, 5.41) is 2.77. The maximum atomic E-state index is 12.4. The molecule has 1 aromatic rings. The maximum Gasteiger partial charge on any atom is 0.307 e. The van der Waals surface area contributed by atoms with Gasteiger partial charge in [-0.1, -0.05) is 19.9 Å². The maximum absolute atomic E-state index is 12.4. The van der Waals surface area contributed by atoms with Gasteiger partial charge in [0.25, 0.3) is 5.91 Å². The standard InChI is InChI=1S/C20H30N2O5S/c1-3-17(4-2)22-19(23)14-27-20(24)11-12-21-28(25,26)18-10-9-15-7-5-6-8-16(15)13-18/h9-10,13,17,21H,3-8,11-12,14H2,1-2H3,(H,22,23). The zero-order valence-corrected chi connectivity index (χ0v) is 17.4. The predicted octanol–water partition coefficient (Wildman–Crippen LogP) is 2.08. The number of fused-ring (bicyclic) bond motifs is 1. The summed E-state index contributed by atoms with van der Waals surface area (Å²) in [5.74, 6) is -0.968. The fraction of sp³-hybridized carbons (Fsp3) is 0.600. The molecule has 2 N–H and O–H groups in total. The van der Waals surface area contributed by atoms with Crippen molar-refractivity contribution in [3.63, 3.8) is 0 Å². The van der Waals surface area contributed by atoms with Crippen LogP contribution in [0.15, 0.2) is 23.1 Å². The van der Waals surface area contributed by atoms with Gasteiger partial charge in [-0.15, -0.1) is 0 Å². The number of hydrogen-bond acceptors (Lipinski definition) is 5. The first-order chi connectivity index (χ1) is 13.4. The summed E-state index contributed by atoms with van der Waals surface area (Å²) in [6.45, 7) is 3.50. The molecule has 0 heterocycles. The molecular weight excluding hydrogens is 380 g/mol. The summed E-state index contributed by atoms with van der Waals surface area (Å²) in [5.41, 5.74) is 2.29. The molecule has 0 fully saturated rings. The van der Waals surface area contributed by atoms with E-state index in [4.69, 9.17) is 4.74 Å². The number of sulfonamides is 1. The lowest BCUT2D eigenvalue weighted by molar-refractivity contribution is -0.148. The molecule has 1 aromatic carbocycles. The molecule has 0 aromatic heterocycles. The fourth-order valence-corrected chi connectivity index (χ4v) is 4.31. The summed E-state index contributed by atoms with van der Waals surface area (Å²) < 4.78 is 32.2. The molecule has 0 unspecified atom stereocenters. The highest BCUT2D eigenvalue weighted by molar-refractivity contribution is 7.89. The van der Waals surface area contributed by atoms with E-state index in [1.807, 2.05) is 19.9 Å². The zero-order valence-electron chi connectivity index (χ0n) is 16.6. The molecule has 0 saturated carbocycles. The van der Waals surface area contributed by atoms with Crippen LogP contribution in [-0.4, -0.2) is 39.5 Å². The second-order valence-electron chi connectivity index (χ2n) is 7.03. The number of rotatable bonds is 10. The van der Waals surface area contributed by atoms with Crippen molar-refractivity contribution in [1.82, 2.24) is 10.0 Å². The van der Waals surface area contributed by atoms with E-state index >= 15 is 0 Å². The van der Waals surface area contributed by atoms with Gasteiger partial charge in [-0.2, -0.15) is 0 Å². The average molecular weight is 411 g/mol. The largest absolute Gasteiger partial charge is 0.456 e. The minimum absolute atomic E-state index is 0.0645. The van der Waals surface area contributed by atoms with Crippen LogP contribution < -0.4 is 10.0 Å². The topological polar surface area (TPSA) is 102 Å². The fourth-order valence-electron chi connectivity index (χ4n) is 3.23. The minimum Gasteiger partial charge on any atom is -0.456 e. The van der Waals surface area contributed by atoms with Gasteiger partial charge in [-0.25, -0.2) is 13.1 Å². The van der Waals surface area contributed by atoms with Gasteiger partial charge in [0.15, 0.2) is 6.61 Å². The Morgan fingerprint density at radius 3 is 2.46 bits per heavy atom. The van der Waals surface area contributed by atoms with E-state index < -0.39 is 16.0 Å². The van der Waals surface area contributed by atoms with Crippen molar-refractivity contribution in [2.75, 3.05) is 13.2 Å². The van der Waals surface area contributed by atoms with E-state index in [9.17, 15) is 18.0 Å². The van der Waals surface area contributed by atoms with Crippen molar-refractivity contribution < 1.29 is 22.7 Å². The highest BCUT2D eigenvalue weighted by Crippen LogP contribution is 2.23. The van der Waals surface area contributed by atoms with Crippen LogP contribution in [0.1, 0.15) is 57.1 Å². The summed E-state index contributed by atoms with van der Waals surface area (Å²) in [7, 11) is -3.68. The minimum atomic E-state index is -3.68. The highest BCUT2D eigenvalue weighted by Gasteiger charge is 2.18. The molecule has 0 atom stereocenters. The SMILES string of the molecule is CCC(CC)NC(=O)COC(=O)CCNS(=O)(=O)c1ccc2c(c1)CCCC2. The highest BCUT2D eigenvalue weighted by atomic mass is 32.2. The van der Waals surface area contributed by atoms with Crippen LogP contribution >= 0.6 is 0 Å². The van der Waals surface area contributed by atoms with Crippen molar-refractivity contribution in [2.24, 2.45) is 0 Å². The number of hydrogen-bond donors (Lipinski definition) is 2.